The van der Waals surface area contributed by atoms with Gasteiger partial charge in [0.25, 0.3) is 0 Å². The highest BCUT2D eigenvalue weighted by atomic mass is 32.2. The Labute approximate surface area is 99.7 Å². The molecule has 0 aromatic heterocycles. The van der Waals surface area contributed by atoms with E-state index in [4.69, 9.17) is 4.99 Å². The van der Waals surface area contributed by atoms with Crippen molar-refractivity contribution in [3.05, 3.63) is 0 Å². The van der Waals surface area contributed by atoms with Gasteiger partial charge in [-0.25, -0.2) is 0 Å². The molecular formula is C12H16N2OS. The number of amides is 1. The first-order valence-corrected chi connectivity index (χ1v) is 7.35. The fourth-order valence-corrected chi connectivity index (χ4v) is 4.96. The first-order chi connectivity index (χ1) is 7.84. The van der Waals surface area contributed by atoms with E-state index in [2.05, 4.69) is 0 Å². The van der Waals surface area contributed by atoms with Crippen LogP contribution in [0.4, 0.5) is 0 Å². The predicted octanol–water partition coefficient (Wildman–Crippen LogP) is 1.74. The molecule has 3 nitrogen and oxygen atoms in total. The van der Waals surface area contributed by atoms with Crippen LogP contribution in [-0.2, 0) is 4.79 Å². The molecule has 4 heteroatoms. The molecule has 0 spiro atoms. The van der Waals surface area contributed by atoms with Gasteiger partial charge in [-0.15, -0.1) is 0 Å². The Bertz CT molecular complexity index is 381. The van der Waals surface area contributed by atoms with E-state index in [0.29, 0.717) is 17.9 Å². The molecule has 2 aliphatic heterocycles. The number of carbonyl (C=O) groups is 1. The third-order valence-electron chi connectivity index (χ3n) is 4.67. The Morgan fingerprint density at radius 2 is 2.19 bits per heavy atom. The fourth-order valence-electron chi connectivity index (χ4n) is 3.97. The van der Waals surface area contributed by atoms with Gasteiger partial charge < -0.3 is 0 Å². The van der Waals surface area contributed by atoms with Crippen molar-refractivity contribution >= 4 is 22.8 Å². The van der Waals surface area contributed by atoms with Crippen LogP contribution in [0.2, 0.25) is 0 Å². The van der Waals surface area contributed by atoms with Crippen molar-refractivity contribution in [2.45, 2.75) is 31.7 Å². The first kappa shape index (κ1) is 9.51. The number of hydrogen-bond acceptors (Lipinski definition) is 3. The minimum atomic E-state index is 0.251. The normalized spacial score (nSPS) is 45.4. The zero-order valence-corrected chi connectivity index (χ0v) is 10.1. The van der Waals surface area contributed by atoms with Crippen LogP contribution >= 0.6 is 11.8 Å². The molecule has 1 saturated heterocycles. The van der Waals surface area contributed by atoms with E-state index in [0.717, 1.165) is 29.8 Å². The van der Waals surface area contributed by atoms with E-state index in [1.165, 1.54) is 19.3 Å². The van der Waals surface area contributed by atoms with Crippen molar-refractivity contribution in [3.8, 4) is 0 Å². The maximum absolute atomic E-state index is 12.5. The smallest absolute Gasteiger partial charge is 0.234 e. The summed E-state index contributed by atoms with van der Waals surface area (Å²) in [6, 6.07) is 0.350. The van der Waals surface area contributed by atoms with E-state index in [-0.39, 0.29) is 5.92 Å². The lowest BCUT2D eigenvalue weighted by molar-refractivity contribution is -0.134. The summed E-state index contributed by atoms with van der Waals surface area (Å²) in [5.41, 5.74) is 0. The molecule has 86 valence electrons. The number of rotatable bonds is 0. The van der Waals surface area contributed by atoms with Gasteiger partial charge in [0.15, 0.2) is 5.17 Å². The number of amidine groups is 1. The standard InChI is InChI=1S/C12H16N2OS/c15-11-9-7-2-3-8(6-7)10(9)13-12-14(11)4-1-5-16-12/h7-10H,1-6H2/t7-,8+,9+,10-/m0/s1. The molecule has 0 radical (unpaired) electrons. The number of thioether (sulfide) groups is 1. The van der Waals surface area contributed by atoms with Crippen molar-refractivity contribution in [2.75, 3.05) is 12.3 Å². The van der Waals surface area contributed by atoms with Gasteiger partial charge in [0.05, 0.1) is 12.0 Å². The minimum Gasteiger partial charge on any atom is -0.291 e. The zero-order chi connectivity index (χ0) is 10.7. The van der Waals surface area contributed by atoms with Crippen molar-refractivity contribution in [2.24, 2.45) is 22.7 Å². The Morgan fingerprint density at radius 3 is 3.12 bits per heavy atom. The molecule has 2 aliphatic carbocycles. The van der Waals surface area contributed by atoms with Crippen molar-refractivity contribution < 1.29 is 4.79 Å². The lowest BCUT2D eigenvalue weighted by Gasteiger charge is -2.39. The summed E-state index contributed by atoms with van der Waals surface area (Å²) < 4.78 is 0. The van der Waals surface area contributed by atoms with Crippen LogP contribution in [-0.4, -0.2) is 34.3 Å². The molecule has 0 aromatic rings. The van der Waals surface area contributed by atoms with Crippen LogP contribution in [0.3, 0.4) is 0 Å². The maximum Gasteiger partial charge on any atom is 0.234 e. The quantitative estimate of drug-likeness (QED) is 0.642. The SMILES string of the molecule is O=C1[C@@H]2[C@H]3CC[C@H](C3)[C@@H]2N=C2SCCCN12. The molecule has 4 rings (SSSR count). The number of hydrogen-bond donors (Lipinski definition) is 0. The van der Waals surface area contributed by atoms with Crippen LogP contribution in [0.25, 0.3) is 0 Å². The van der Waals surface area contributed by atoms with Crippen LogP contribution in [0.1, 0.15) is 25.7 Å². The van der Waals surface area contributed by atoms with Gasteiger partial charge in [0.1, 0.15) is 0 Å². The predicted molar refractivity (Wildman–Crippen MR) is 64.3 cm³/mol. The van der Waals surface area contributed by atoms with Gasteiger partial charge in [-0.3, -0.25) is 14.7 Å². The van der Waals surface area contributed by atoms with E-state index < -0.39 is 0 Å². The Kier molecular flexibility index (Phi) is 1.93. The van der Waals surface area contributed by atoms with E-state index in [1.54, 1.807) is 11.8 Å². The molecular weight excluding hydrogens is 220 g/mol. The van der Waals surface area contributed by atoms with Crippen LogP contribution in [0, 0.1) is 17.8 Å². The first-order valence-electron chi connectivity index (χ1n) is 6.36. The van der Waals surface area contributed by atoms with Gasteiger partial charge in [0, 0.05) is 12.3 Å². The lowest BCUT2D eigenvalue weighted by atomic mass is 9.83. The number of carbonyl (C=O) groups excluding carboxylic acids is 1. The molecule has 4 aliphatic rings. The number of nitrogens with zero attached hydrogens (tertiary/aromatic N) is 2. The van der Waals surface area contributed by atoms with Gasteiger partial charge >= 0.3 is 0 Å². The topological polar surface area (TPSA) is 32.7 Å². The molecule has 0 aromatic carbocycles. The molecule has 1 amide bonds. The number of aliphatic imine (C=N–C) groups is 1. The van der Waals surface area contributed by atoms with Crippen molar-refractivity contribution in [1.29, 1.82) is 0 Å². The average molecular weight is 236 g/mol. The van der Waals surface area contributed by atoms with Crippen molar-refractivity contribution in [1.82, 2.24) is 4.90 Å². The third kappa shape index (κ3) is 1.11. The Morgan fingerprint density at radius 1 is 1.31 bits per heavy atom. The van der Waals surface area contributed by atoms with E-state index in [9.17, 15) is 4.79 Å². The second-order valence-electron chi connectivity index (χ2n) is 5.45. The highest BCUT2D eigenvalue weighted by Gasteiger charge is 2.54. The van der Waals surface area contributed by atoms with Gasteiger partial charge in [-0.1, -0.05) is 11.8 Å². The Hall–Kier alpha value is -0.510. The summed E-state index contributed by atoms with van der Waals surface area (Å²) in [5, 5.41) is 1.03. The molecule has 0 unspecified atom stereocenters. The van der Waals surface area contributed by atoms with Gasteiger partial charge in [-0.2, -0.15) is 0 Å². The monoisotopic (exact) mass is 236 g/mol. The van der Waals surface area contributed by atoms with Gasteiger partial charge in [-0.05, 0) is 37.5 Å². The molecule has 2 heterocycles. The summed E-state index contributed by atoms with van der Waals surface area (Å²) >= 11 is 1.78. The summed E-state index contributed by atoms with van der Waals surface area (Å²) in [6.07, 6.45) is 4.96. The number of fused-ring (bicyclic) bond motifs is 6. The molecule has 2 saturated carbocycles. The third-order valence-corrected chi connectivity index (χ3v) is 5.75. The molecule has 3 fully saturated rings. The van der Waals surface area contributed by atoms with Crippen LogP contribution in [0.15, 0.2) is 4.99 Å². The van der Waals surface area contributed by atoms with E-state index >= 15 is 0 Å². The second kappa shape index (κ2) is 3.25. The van der Waals surface area contributed by atoms with Crippen molar-refractivity contribution in [3.63, 3.8) is 0 Å². The highest BCUT2D eigenvalue weighted by Crippen LogP contribution is 2.52. The van der Waals surface area contributed by atoms with Crippen LogP contribution < -0.4 is 0 Å². The van der Waals surface area contributed by atoms with Crippen LogP contribution in [0.5, 0.6) is 0 Å². The minimum absolute atomic E-state index is 0.251. The summed E-state index contributed by atoms with van der Waals surface area (Å²) in [7, 11) is 0. The summed E-state index contributed by atoms with van der Waals surface area (Å²) in [6.45, 7) is 0.908. The molecule has 16 heavy (non-hydrogen) atoms. The van der Waals surface area contributed by atoms with E-state index in [1.807, 2.05) is 4.90 Å². The lowest BCUT2D eigenvalue weighted by Crippen LogP contribution is -2.51. The summed E-state index contributed by atoms with van der Waals surface area (Å²) in [4.78, 5) is 19.3. The molecule has 0 N–H and O–H groups in total. The summed E-state index contributed by atoms with van der Waals surface area (Å²) in [5.74, 6) is 3.15. The Balaban J connectivity index is 1.75. The maximum atomic E-state index is 12.5. The zero-order valence-electron chi connectivity index (χ0n) is 9.26. The average Bonchev–Trinajstić information content (AvgIpc) is 2.90. The molecule has 2 bridgehead atoms. The highest BCUT2D eigenvalue weighted by molar-refractivity contribution is 8.13. The van der Waals surface area contributed by atoms with Gasteiger partial charge in [0.2, 0.25) is 5.91 Å². The largest absolute Gasteiger partial charge is 0.291 e. The fraction of sp³-hybridized carbons (Fsp3) is 0.833. The molecule has 4 atom stereocenters. The second-order valence-corrected chi connectivity index (χ2v) is 6.52.